The van der Waals surface area contributed by atoms with Crippen LogP contribution in [-0.2, 0) is 9.47 Å². The van der Waals surface area contributed by atoms with Gasteiger partial charge >= 0.3 is 0 Å². The first kappa shape index (κ1) is 11.0. The molecule has 0 aromatic carbocycles. The van der Waals surface area contributed by atoms with E-state index in [9.17, 15) is 0 Å². The normalized spacial score (nSPS) is 38.8. The van der Waals surface area contributed by atoms with Crippen LogP contribution < -0.4 is 0 Å². The van der Waals surface area contributed by atoms with E-state index in [4.69, 9.17) is 9.47 Å². The fraction of sp³-hybridized carbons (Fsp3) is 1.00. The molecule has 0 unspecified atom stereocenters. The Morgan fingerprint density at radius 3 is 2.19 bits per heavy atom. The molecule has 0 aromatic rings. The third-order valence-electron chi connectivity index (χ3n) is 4.77. The van der Waals surface area contributed by atoms with Crippen molar-refractivity contribution in [3.63, 3.8) is 0 Å². The van der Waals surface area contributed by atoms with E-state index in [0.29, 0.717) is 5.41 Å². The highest BCUT2D eigenvalue weighted by Gasteiger charge is 2.47. The summed E-state index contributed by atoms with van der Waals surface area (Å²) in [7, 11) is 0. The SMILES string of the molecule is CC1CCC(CC2OCC3(CC3)CO2)CC1. The zero-order valence-corrected chi connectivity index (χ0v) is 10.4. The van der Waals surface area contributed by atoms with Crippen LogP contribution in [0.1, 0.15) is 51.9 Å². The van der Waals surface area contributed by atoms with E-state index in [0.717, 1.165) is 31.5 Å². The van der Waals surface area contributed by atoms with Crippen molar-refractivity contribution in [3.8, 4) is 0 Å². The second-order valence-electron chi connectivity index (χ2n) is 6.41. The van der Waals surface area contributed by atoms with Crippen molar-refractivity contribution in [2.75, 3.05) is 13.2 Å². The van der Waals surface area contributed by atoms with E-state index in [1.165, 1.54) is 38.5 Å². The fourth-order valence-electron chi connectivity index (χ4n) is 3.07. The number of rotatable bonds is 2. The predicted molar refractivity (Wildman–Crippen MR) is 63.1 cm³/mol. The van der Waals surface area contributed by atoms with Gasteiger partial charge in [-0.25, -0.2) is 0 Å². The van der Waals surface area contributed by atoms with Crippen LogP contribution >= 0.6 is 0 Å². The second-order valence-corrected chi connectivity index (χ2v) is 6.41. The molecule has 0 atom stereocenters. The quantitative estimate of drug-likeness (QED) is 0.716. The van der Waals surface area contributed by atoms with Crippen molar-refractivity contribution in [1.29, 1.82) is 0 Å². The molecule has 0 bridgehead atoms. The molecular formula is C14H24O2. The zero-order valence-electron chi connectivity index (χ0n) is 10.4. The predicted octanol–water partition coefficient (Wildman–Crippen LogP) is 3.36. The van der Waals surface area contributed by atoms with E-state index < -0.39 is 0 Å². The summed E-state index contributed by atoms with van der Waals surface area (Å²) in [4.78, 5) is 0. The van der Waals surface area contributed by atoms with Gasteiger partial charge in [0.2, 0.25) is 0 Å². The summed E-state index contributed by atoms with van der Waals surface area (Å²) in [5.41, 5.74) is 0.456. The Morgan fingerprint density at radius 2 is 1.62 bits per heavy atom. The van der Waals surface area contributed by atoms with Gasteiger partial charge in [-0.3, -0.25) is 0 Å². The Kier molecular flexibility index (Phi) is 2.97. The number of hydrogen-bond acceptors (Lipinski definition) is 2. The van der Waals surface area contributed by atoms with Crippen LogP contribution in [0, 0.1) is 17.3 Å². The van der Waals surface area contributed by atoms with E-state index in [1.807, 2.05) is 0 Å². The molecule has 0 radical (unpaired) electrons. The van der Waals surface area contributed by atoms with Crippen LogP contribution in [0.15, 0.2) is 0 Å². The molecule has 1 saturated heterocycles. The smallest absolute Gasteiger partial charge is 0.157 e. The highest BCUT2D eigenvalue weighted by Crippen LogP contribution is 2.48. The Morgan fingerprint density at radius 1 is 1.00 bits per heavy atom. The van der Waals surface area contributed by atoms with Crippen molar-refractivity contribution in [2.24, 2.45) is 17.3 Å². The maximum atomic E-state index is 5.86. The summed E-state index contributed by atoms with van der Waals surface area (Å²) < 4.78 is 11.7. The lowest BCUT2D eigenvalue weighted by Gasteiger charge is -2.33. The molecule has 1 heterocycles. The molecule has 0 N–H and O–H groups in total. The lowest BCUT2D eigenvalue weighted by atomic mass is 9.81. The molecule has 1 aliphatic heterocycles. The van der Waals surface area contributed by atoms with Crippen molar-refractivity contribution in [1.82, 2.24) is 0 Å². The van der Waals surface area contributed by atoms with E-state index in [-0.39, 0.29) is 6.29 Å². The first-order valence-electron chi connectivity index (χ1n) is 6.99. The number of ether oxygens (including phenoxy) is 2. The molecule has 3 fully saturated rings. The summed E-state index contributed by atoms with van der Waals surface area (Å²) >= 11 is 0. The summed E-state index contributed by atoms with van der Waals surface area (Å²) in [5.74, 6) is 1.80. The highest BCUT2D eigenvalue weighted by molar-refractivity contribution is 4.94. The lowest BCUT2D eigenvalue weighted by molar-refractivity contribution is -0.215. The van der Waals surface area contributed by atoms with Crippen LogP contribution in [0.5, 0.6) is 0 Å². The average Bonchev–Trinajstić information content (AvgIpc) is 3.05. The molecule has 16 heavy (non-hydrogen) atoms. The first-order valence-corrected chi connectivity index (χ1v) is 6.99. The maximum absolute atomic E-state index is 5.86. The van der Waals surface area contributed by atoms with Gasteiger partial charge in [0.25, 0.3) is 0 Å². The maximum Gasteiger partial charge on any atom is 0.157 e. The van der Waals surface area contributed by atoms with Crippen molar-refractivity contribution < 1.29 is 9.47 Å². The van der Waals surface area contributed by atoms with Crippen LogP contribution in [0.3, 0.4) is 0 Å². The van der Waals surface area contributed by atoms with Gasteiger partial charge in [0.15, 0.2) is 6.29 Å². The third kappa shape index (κ3) is 2.43. The van der Waals surface area contributed by atoms with Gasteiger partial charge < -0.3 is 9.47 Å². The topological polar surface area (TPSA) is 18.5 Å². The summed E-state index contributed by atoms with van der Waals surface area (Å²) in [5, 5.41) is 0. The molecule has 1 spiro atoms. The van der Waals surface area contributed by atoms with Gasteiger partial charge in [-0.05, 0) is 24.7 Å². The molecule has 2 heteroatoms. The van der Waals surface area contributed by atoms with Crippen LogP contribution in [0.4, 0.5) is 0 Å². The minimum absolute atomic E-state index is 0.115. The minimum Gasteiger partial charge on any atom is -0.352 e. The van der Waals surface area contributed by atoms with Gasteiger partial charge in [0, 0.05) is 11.8 Å². The molecule has 2 aliphatic carbocycles. The lowest BCUT2D eigenvalue weighted by Crippen LogP contribution is -2.35. The van der Waals surface area contributed by atoms with Gasteiger partial charge in [-0.1, -0.05) is 32.6 Å². The monoisotopic (exact) mass is 224 g/mol. The standard InChI is InChI=1S/C14H24O2/c1-11-2-4-12(5-3-11)8-13-15-9-14(6-7-14)10-16-13/h11-13H,2-10H2,1H3. The fourth-order valence-corrected chi connectivity index (χ4v) is 3.07. The van der Waals surface area contributed by atoms with Crippen LogP contribution in [0.25, 0.3) is 0 Å². The van der Waals surface area contributed by atoms with Gasteiger partial charge in [0.1, 0.15) is 0 Å². The minimum atomic E-state index is 0.115. The summed E-state index contributed by atoms with van der Waals surface area (Å²) in [6, 6.07) is 0. The van der Waals surface area contributed by atoms with Crippen LogP contribution in [0.2, 0.25) is 0 Å². The van der Waals surface area contributed by atoms with Crippen LogP contribution in [-0.4, -0.2) is 19.5 Å². The van der Waals surface area contributed by atoms with Crippen molar-refractivity contribution in [2.45, 2.75) is 58.2 Å². The largest absolute Gasteiger partial charge is 0.352 e. The molecule has 0 amide bonds. The van der Waals surface area contributed by atoms with Gasteiger partial charge in [-0.2, -0.15) is 0 Å². The molecule has 2 nitrogen and oxygen atoms in total. The molecule has 0 aromatic heterocycles. The molecule has 92 valence electrons. The molecule has 2 saturated carbocycles. The summed E-state index contributed by atoms with van der Waals surface area (Å²) in [6.45, 7) is 4.29. The Balaban J connectivity index is 1.41. The van der Waals surface area contributed by atoms with Crippen molar-refractivity contribution >= 4 is 0 Å². The Hall–Kier alpha value is -0.0800. The average molecular weight is 224 g/mol. The van der Waals surface area contributed by atoms with E-state index in [1.54, 1.807) is 0 Å². The summed E-state index contributed by atoms with van der Waals surface area (Å²) in [6.07, 6.45) is 9.47. The van der Waals surface area contributed by atoms with Gasteiger partial charge in [-0.15, -0.1) is 0 Å². The van der Waals surface area contributed by atoms with E-state index >= 15 is 0 Å². The van der Waals surface area contributed by atoms with Gasteiger partial charge in [0.05, 0.1) is 13.2 Å². The Labute approximate surface area is 98.7 Å². The highest BCUT2D eigenvalue weighted by atomic mass is 16.7. The van der Waals surface area contributed by atoms with E-state index in [2.05, 4.69) is 6.92 Å². The first-order chi connectivity index (χ1) is 7.76. The molecular weight excluding hydrogens is 200 g/mol. The number of hydrogen-bond donors (Lipinski definition) is 0. The molecule has 3 rings (SSSR count). The molecule has 3 aliphatic rings. The third-order valence-corrected chi connectivity index (χ3v) is 4.77. The Bertz CT molecular complexity index is 229. The second kappa shape index (κ2) is 4.30. The van der Waals surface area contributed by atoms with Crippen molar-refractivity contribution in [3.05, 3.63) is 0 Å². The zero-order chi connectivity index (χ0) is 11.0.